The van der Waals surface area contributed by atoms with E-state index in [4.69, 9.17) is 15.0 Å². The van der Waals surface area contributed by atoms with Crippen molar-refractivity contribution in [3.8, 4) is 50.7 Å². The van der Waals surface area contributed by atoms with Gasteiger partial charge >= 0.3 is 0 Å². The van der Waals surface area contributed by atoms with Crippen LogP contribution in [0.4, 0.5) is 0 Å². The van der Waals surface area contributed by atoms with Gasteiger partial charge in [0.15, 0.2) is 0 Å². The Morgan fingerprint density at radius 3 is 1.67 bits per heavy atom. The molecule has 4 heteroatoms. The van der Waals surface area contributed by atoms with Crippen LogP contribution >= 0.6 is 0 Å². The number of rotatable bonds is 5. The van der Waals surface area contributed by atoms with E-state index in [1.54, 1.807) is 0 Å². The Bertz CT molecular complexity index is 3240. The number of fused-ring (bicyclic) bond motifs is 8. The lowest BCUT2D eigenvalue weighted by atomic mass is 9.94. The van der Waals surface area contributed by atoms with Gasteiger partial charge in [-0.1, -0.05) is 158 Å². The minimum atomic E-state index is 0.825. The third-order valence-corrected chi connectivity index (χ3v) is 10.8. The van der Waals surface area contributed by atoms with Crippen LogP contribution in [0.2, 0.25) is 0 Å². The molecule has 4 nitrogen and oxygen atoms in total. The summed E-state index contributed by atoms with van der Waals surface area (Å²) in [5, 5.41) is 7.38. The highest BCUT2D eigenvalue weighted by atomic mass is 15.1. The Balaban J connectivity index is 1.14. The number of hydrogen-bond acceptors (Lipinski definition) is 3. The number of aromatic nitrogens is 4. The summed E-state index contributed by atoms with van der Waals surface area (Å²) in [4.78, 5) is 15.9. The topological polar surface area (TPSA) is 43.6 Å². The SMILES string of the molecule is c1ccc(-c2nc3ccc(-c4cccc(-n5c6ccc7ccccc7c6c6c7ccccc7c(-c7ccccc7)cc65)n4)cc3nc2-c2ccccc2)cc1. The summed E-state index contributed by atoms with van der Waals surface area (Å²) < 4.78 is 2.35. The highest BCUT2D eigenvalue weighted by Gasteiger charge is 2.21. The van der Waals surface area contributed by atoms with E-state index in [-0.39, 0.29) is 0 Å². The smallest absolute Gasteiger partial charge is 0.138 e. The second-order valence-electron chi connectivity index (χ2n) is 14.0. The first-order chi connectivity index (χ1) is 27.3. The van der Waals surface area contributed by atoms with Gasteiger partial charge < -0.3 is 0 Å². The molecule has 0 radical (unpaired) electrons. The second-order valence-corrected chi connectivity index (χ2v) is 14.0. The molecular weight excluding hydrogens is 669 g/mol. The molecule has 0 amide bonds. The lowest BCUT2D eigenvalue weighted by Gasteiger charge is -2.13. The second kappa shape index (κ2) is 12.6. The van der Waals surface area contributed by atoms with Crippen LogP contribution < -0.4 is 0 Å². The largest absolute Gasteiger partial charge is 0.294 e. The van der Waals surface area contributed by atoms with E-state index in [9.17, 15) is 0 Å². The zero-order valence-corrected chi connectivity index (χ0v) is 29.8. The van der Waals surface area contributed by atoms with E-state index >= 15 is 0 Å². The van der Waals surface area contributed by atoms with Gasteiger partial charge in [-0.3, -0.25) is 4.57 Å². The number of nitrogens with zero attached hydrogens (tertiary/aromatic N) is 4. The van der Waals surface area contributed by atoms with Crippen molar-refractivity contribution >= 4 is 54.4 Å². The van der Waals surface area contributed by atoms with E-state index in [0.29, 0.717) is 0 Å². The molecule has 0 saturated heterocycles. The summed E-state index contributed by atoms with van der Waals surface area (Å²) in [7, 11) is 0. The highest BCUT2D eigenvalue weighted by molar-refractivity contribution is 6.30. The number of benzene rings is 8. The van der Waals surface area contributed by atoms with E-state index in [0.717, 1.165) is 61.7 Å². The minimum Gasteiger partial charge on any atom is -0.294 e. The quantitative estimate of drug-likeness (QED) is 0.179. The molecule has 0 aliphatic carbocycles. The summed E-state index contributed by atoms with van der Waals surface area (Å²) in [6.07, 6.45) is 0. The first-order valence-electron chi connectivity index (χ1n) is 18.6. The third kappa shape index (κ3) is 5.11. The molecule has 0 aliphatic heterocycles. The van der Waals surface area contributed by atoms with Crippen LogP contribution in [0.15, 0.2) is 194 Å². The van der Waals surface area contributed by atoms with Gasteiger partial charge in [-0.25, -0.2) is 15.0 Å². The fourth-order valence-electron chi connectivity index (χ4n) is 8.26. The van der Waals surface area contributed by atoms with Crippen LogP contribution in [0.5, 0.6) is 0 Å². The van der Waals surface area contributed by atoms with E-state index < -0.39 is 0 Å². The molecule has 11 rings (SSSR count). The molecule has 0 atom stereocenters. The molecule has 0 bridgehead atoms. The van der Waals surface area contributed by atoms with Crippen molar-refractivity contribution < 1.29 is 0 Å². The van der Waals surface area contributed by atoms with Gasteiger partial charge in [-0.15, -0.1) is 0 Å². The molecule has 11 aromatic rings. The lowest BCUT2D eigenvalue weighted by molar-refractivity contribution is 1.08. The molecule has 256 valence electrons. The van der Waals surface area contributed by atoms with Crippen LogP contribution in [-0.4, -0.2) is 19.5 Å². The first kappa shape index (κ1) is 31.1. The van der Waals surface area contributed by atoms with Crippen LogP contribution in [0.3, 0.4) is 0 Å². The third-order valence-electron chi connectivity index (χ3n) is 10.8. The number of hydrogen-bond donors (Lipinski definition) is 0. The summed E-state index contributed by atoms with van der Waals surface area (Å²) in [5.74, 6) is 0.859. The van der Waals surface area contributed by atoms with Crippen molar-refractivity contribution in [2.24, 2.45) is 0 Å². The zero-order valence-electron chi connectivity index (χ0n) is 29.8. The molecule has 3 aromatic heterocycles. The van der Waals surface area contributed by atoms with Gasteiger partial charge in [-0.05, 0) is 69.1 Å². The Morgan fingerprint density at radius 1 is 0.345 bits per heavy atom. The Morgan fingerprint density at radius 2 is 0.945 bits per heavy atom. The monoisotopic (exact) mass is 700 g/mol. The summed E-state index contributed by atoms with van der Waals surface area (Å²) in [5.41, 5.74) is 11.9. The van der Waals surface area contributed by atoms with Gasteiger partial charge in [-0.2, -0.15) is 0 Å². The minimum absolute atomic E-state index is 0.825. The Kier molecular flexibility index (Phi) is 7.14. The zero-order chi connectivity index (χ0) is 36.3. The van der Waals surface area contributed by atoms with Crippen LogP contribution in [0, 0.1) is 0 Å². The molecular formula is C51H32N4. The van der Waals surface area contributed by atoms with Crippen molar-refractivity contribution in [2.45, 2.75) is 0 Å². The normalized spacial score (nSPS) is 11.6. The standard InChI is InChI=1S/C51H32N4/c1-4-15-33(16-5-1)41-32-46-49(40-24-13-12-23-39(40)41)48-38-22-11-10-17-34(38)28-30-45(48)55(46)47-26-14-25-42(52-47)37-27-29-43-44(31-37)54-51(36-20-8-3-9-21-36)50(53-43)35-18-6-2-7-19-35/h1-32H. The van der Waals surface area contributed by atoms with Crippen molar-refractivity contribution in [3.05, 3.63) is 194 Å². The average molecular weight is 701 g/mol. The van der Waals surface area contributed by atoms with Crippen LogP contribution in [-0.2, 0) is 0 Å². The van der Waals surface area contributed by atoms with Gasteiger partial charge in [0.25, 0.3) is 0 Å². The fourth-order valence-corrected chi connectivity index (χ4v) is 8.26. The van der Waals surface area contributed by atoms with Crippen molar-refractivity contribution in [1.29, 1.82) is 0 Å². The molecule has 0 fully saturated rings. The van der Waals surface area contributed by atoms with E-state index in [1.165, 1.54) is 43.4 Å². The van der Waals surface area contributed by atoms with Gasteiger partial charge in [0.1, 0.15) is 5.82 Å². The summed E-state index contributed by atoms with van der Waals surface area (Å²) >= 11 is 0. The molecule has 0 spiro atoms. The van der Waals surface area contributed by atoms with Gasteiger partial charge in [0.05, 0.1) is 39.1 Å². The molecule has 55 heavy (non-hydrogen) atoms. The van der Waals surface area contributed by atoms with Crippen LogP contribution in [0.1, 0.15) is 0 Å². The molecule has 0 aliphatic rings. The molecule has 0 unspecified atom stereocenters. The van der Waals surface area contributed by atoms with Crippen molar-refractivity contribution in [2.75, 3.05) is 0 Å². The maximum Gasteiger partial charge on any atom is 0.138 e. The maximum atomic E-state index is 5.42. The molecule has 0 N–H and O–H groups in total. The average Bonchev–Trinajstić information content (AvgIpc) is 3.61. The Labute approximate surface area is 317 Å². The Hall–Kier alpha value is -7.43. The number of pyridine rings is 1. The van der Waals surface area contributed by atoms with Crippen LogP contribution in [0.25, 0.3) is 105 Å². The lowest BCUT2D eigenvalue weighted by Crippen LogP contribution is -1.99. The van der Waals surface area contributed by atoms with E-state index in [1.807, 2.05) is 36.4 Å². The van der Waals surface area contributed by atoms with Gasteiger partial charge in [0.2, 0.25) is 0 Å². The molecule has 8 aromatic carbocycles. The fraction of sp³-hybridized carbons (Fsp3) is 0. The predicted octanol–water partition coefficient (Wildman–Crippen LogP) is 13.1. The van der Waals surface area contributed by atoms with Crippen molar-refractivity contribution in [3.63, 3.8) is 0 Å². The van der Waals surface area contributed by atoms with Crippen molar-refractivity contribution in [1.82, 2.24) is 19.5 Å². The van der Waals surface area contributed by atoms with E-state index in [2.05, 4.69) is 162 Å². The maximum absolute atomic E-state index is 5.42. The summed E-state index contributed by atoms with van der Waals surface area (Å²) in [6.45, 7) is 0. The summed E-state index contributed by atoms with van der Waals surface area (Å²) in [6, 6.07) is 68.3. The highest BCUT2D eigenvalue weighted by Crippen LogP contribution is 2.44. The first-order valence-corrected chi connectivity index (χ1v) is 18.6. The molecule has 0 saturated carbocycles. The molecule has 3 heterocycles. The predicted molar refractivity (Wildman–Crippen MR) is 228 cm³/mol. The van der Waals surface area contributed by atoms with Gasteiger partial charge in [0, 0.05) is 27.5 Å².